The van der Waals surface area contributed by atoms with Gasteiger partial charge in [-0.2, -0.15) is 0 Å². The molecule has 1 aliphatic heterocycles. The summed E-state index contributed by atoms with van der Waals surface area (Å²) in [5, 5.41) is 41.2. The van der Waals surface area contributed by atoms with Gasteiger partial charge in [-0.1, -0.05) is 54.6 Å². The van der Waals surface area contributed by atoms with Gasteiger partial charge in [0, 0.05) is 18.1 Å². The van der Waals surface area contributed by atoms with E-state index >= 15 is 0 Å². The lowest BCUT2D eigenvalue weighted by Crippen LogP contribution is -2.61. The van der Waals surface area contributed by atoms with E-state index in [2.05, 4.69) is 0 Å². The van der Waals surface area contributed by atoms with Gasteiger partial charge in [0.05, 0.1) is 6.61 Å². The third-order valence-corrected chi connectivity index (χ3v) is 6.50. The molecule has 0 aromatic heterocycles. The van der Waals surface area contributed by atoms with Crippen LogP contribution in [0.25, 0.3) is 6.08 Å². The van der Waals surface area contributed by atoms with Gasteiger partial charge in [-0.25, -0.2) is 9.59 Å². The number of hydrogen-bond donors (Lipinski definition) is 4. The molecule has 1 heterocycles. The quantitative estimate of drug-likeness (QED) is 0.150. The van der Waals surface area contributed by atoms with Crippen LogP contribution in [0.1, 0.15) is 24.0 Å². The minimum atomic E-state index is -2.37. The smallest absolute Gasteiger partial charge is 0.350 e. The molecule has 1 saturated heterocycles. The molecule has 0 radical (unpaired) electrons. The summed E-state index contributed by atoms with van der Waals surface area (Å²) in [6, 6.07) is 15.2. The Balaban J connectivity index is 1.50. The monoisotopic (exact) mass is 554 g/mol. The maximum atomic E-state index is 12.6. The molecule has 2 aromatic rings. The second-order valence-corrected chi connectivity index (χ2v) is 9.28. The summed E-state index contributed by atoms with van der Waals surface area (Å²) in [4.78, 5) is 37.2. The molecule has 2 aromatic carbocycles. The van der Waals surface area contributed by atoms with E-state index in [0.717, 1.165) is 17.7 Å². The summed E-state index contributed by atoms with van der Waals surface area (Å²) in [6.07, 6.45) is -1.81. The van der Waals surface area contributed by atoms with Gasteiger partial charge in [0.15, 0.2) is 11.9 Å². The predicted octanol–water partition coefficient (Wildman–Crippen LogP) is 0.823. The van der Waals surface area contributed by atoms with Crippen LogP contribution in [0.15, 0.2) is 72.8 Å². The number of carbonyl (C=O) groups is 3. The number of carbonyl (C=O) groups excluding carboxylic acids is 3. The first kappa shape index (κ1) is 29.1. The zero-order valence-electron chi connectivity index (χ0n) is 21.4. The average molecular weight is 555 g/mol. The second-order valence-electron chi connectivity index (χ2n) is 9.28. The molecule has 4 N–H and O–H groups in total. The number of aliphatic hydroxyl groups is 4. The van der Waals surface area contributed by atoms with Crippen molar-refractivity contribution in [2.45, 2.75) is 55.8 Å². The van der Waals surface area contributed by atoms with E-state index in [4.69, 9.17) is 18.9 Å². The Hall–Kier alpha value is -3.87. The molecule has 6 atom stereocenters. The molecular formula is C29H30O11. The zero-order chi connectivity index (χ0) is 28.7. The van der Waals surface area contributed by atoms with Gasteiger partial charge in [-0.15, -0.1) is 0 Å². The number of hydrogen-bond acceptors (Lipinski definition) is 11. The normalized spacial score (nSPS) is 28.3. The fourth-order valence-corrected chi connectivity index (χ4v) is 4.23. The predicted molar refractivity (Wildman–Crippen MR) is 138 cm³/mol. The minimum absolute atomic E-state index is 0.00165. The largest absolute Gasteiger partial charge is 0.460 e. The standard InChI is InChI=1S/C29H30O11/c30-16-21-24(33)25(34)26(40-23(32)14-13-18-8-2-1-3-9-18)27(39-21)38-20-11-5-4-10-19(20)17-37-28(35)29(36)15-7-6-12-22(29)31/h1-5,7-11,13-15,21,24-27,30,33-34,36H,6,12,16-17H2. The highest BCUT2D eigenvalue weighted by atomic mass is 16.7. The van der Waals surface area contributed by atoms with Crippen molar-refractivity contribution < 1.29 is 53.8 Å². The van der Waals surface area contributed by atoms with E-state index in [9.17, 15) is 34.8 Å². The van der Waals surface area contributed by atoms with E-state index in [-0.39, 0.29) is 12.2 Å². The van der Waals surface area contributed by atoms with Crippen LogP contribution in [0.5, 0.6) is 5.75 Å². The van der Waals surface area contributed by atoms with Crippen LogP contribution in [-0.2, 0) is 35.2 Å². The molecule has 0 spiro atoms. The van der Waals surface area contributed by atoms with Crippen LogP contribution in [0.2, 0.25) is 0 Å². The van der Waals surface area contributed by atoms with Crippen LogP contribution in [-0.4, -0.2) is 81.1 Å². The van der Waals surface area contributed by atoms with Crippen molar-refractivity contribution in [3.8, 4) is 5.75 Å². The Morgan fingerprint density at radius 1 is 1.05 bits per heavy atom. The lowest BCUT2D eigenvalue weighted by atomic mass is 9.90. The molecular weight excluding hydrogens is 524 g/mol. The third-order valence-electron chi connectivity index (χ3n) is 6.50. The first-order valence-electron chi connectivity index (χ1n) is 12.6. The molecule has 212 valence electrons. The van der Waals surface area contributed by atoms with Gasteiger partial charge in [0.1, 0.15) is 30.7 Å². The molecule has 1 fully saturated rings. The topological polar surface area (TPSA) is 169 Å². The van der Waals surface area contributed by atoms with Crippen molar-refractivity contribution in [2.75, 3.05) is 6.61 Å². The molecule has 11 heteroatoms. The minimum Gasteiger partial charge on any atom is -0.460 e. The molecule has 0 saturated carbocycles. The second kappa shape index (κ2) is 13.0. The number of allylic oxidation sites excluding steroid dienone is 1. The highest BCUT2D eigenvalue weighted by Gasteiger charge is 2.48. The van der Waals surface area contributed by atoms with Crippen LogP contribution in [0, 0.1) is 0 Å². The van der Waals surface area contributed by atoms with E-state index < -0.39 is 67.2 Å². The first-order valence-corrected chi connectivity index (χ1v) is 12.6. The van der Waals surface area contributed by atoms with E-state index in [1.54, 1.807) is 42.5 Å². The molecule has 4 rings (SSSR count). The van der Waals surface area contributed by atoms with Gasteiger partial charge in [0.25, 0.3) is 0 Å². The number of rotatable bonds is 9. The van der Waals surface area contributed by atoms with Crippen LogP contribution >= 0.6 is 0 Å². The maximum Gasteiger partial charge on any atom is 0.350 e. The van der Waals surface area contributed by atoms with Crippen molar-refractivity contribution in [1.82, 2.24) is 0 Å². The maximum absolute atomic E-state index is 12.6. The number of para-hydroxylation sites is 1. The van der Waals surface area contributed by atoms with E-state index in [1.807, 2.05) is 6.07 Å². The molecule has 0 bridgehead atoms. The fraction of sp³-hybridized carbons (Fsp3) is 0.345. The van der Waals surface area contributed by atoms with Crippen LogP contribution in [0.3, 0.4) is 0 Å². The number of ether oxygens (including phenoxy) is 4. The molecule has 1 aliphatic carbocycles. The molecule has 6 unspecified atom stereocenters. The fourth-order valence-electron chi connectivity index (χ4n) is 4.23. The van der Waals surface area contributed by atoms with Crippen molar-refractivity contribution >= 4 is 23.8 Å². The Kier molecular flexibility index (Phi) is 9.46. The van der Waals surface area contributed by atoms with Gasteiger partial charge in [-0.05, 0) is 30.2 Å². The Morgan fingerprint density at radius 2 is 1.77 bits per heavy atom. The van der Waals surface area contributed by atoms with Crippen molar-refractivity contribution in [2.24, 2.45) is 0 Å². The number of ketones is 1. The molecule has 40 heavy (non-hydrogen) atoms. The number of esters is 2. The summed E-state index contributed by atoms with van der Waals surface area (Å²) < 4.78 is 22.1. The van der Waals surface area contributed by atoms with Gasteiger partial charge in [0.2, 0.25) is 11.9 Å². The Labute approximate surface area is 229 Å². The lowest BCUT2D eigenvalue weighted by molar-refractivity contribution is -0.281. The first-order chi connectivity index (χ1) is 19.2. The summed E-state index contributed by atoms with van der Waals surface area (Å²) >= 11 is 0. The van der Waals surface area contributed by atoms with Gasteiger partial charge < -0.3 is 39.4 Å². The number of Topliss-reactive ketones (excluding diaryl/α,β-unsaturated/α-hetero) is 1. The van der Waals surface area contributed by atoms with Crippen LogP contribution in [0.4, 0.5) is 0 Å². The zero-order valence-corrected chi connectivity index (χ0v) is 21.4. The average Bonchev–Trinajstić information content (AvgIpc) is 2.97. The highest BCUT2D eigenvalue weighted by molar-refractivity contribution is 6.09. The van der Waals surface area contributed by atoms with Gasteiger partial charge in [-0.3, -0.25) is 4.79 Å². The SMILES string of the molecule is O=C(C=Cc1ccccc1)OC1C(Oc2ccccc2COC(=O)C2(O)C=CCCC2=O)OC(CO)C(O)C1O. The third kappa shape index (κ3) is 6.64. The van der Waals surface area contributed by atoms with E-state index in [0.29, 0.717) is 12.0 Å². The highest BCUT2D eigenvalue weighted by Crippen LogP contribution is 2.29. The molecule has 2 aliphatic rings. The Morgan fingerprint density at radius 3 is 2.50 bits per heavy atom. The summed E-state index contributed by atoms with van der Waals surface area (Å²) in [5.74, 6) is -2.57. The summed E-state index contributed by atoms with van der Waals surface area (Å²) in [5.41, 5.74) is -1.35. The summed E-state index contributed by atoms with van der Waals surface area (Å²) in [7, 11) is 0. The van der Waals surface area contributed by atoms with E-state index in [1.165, 1.54) is 18.2 Å². The summed E-state index contributed by atoms with van der Waals surface area (Å²) in [6.45, 7) is -1.06. The van der Waals surface area contributed by atoms with Crippen molar-refractivity contribution in [1.29, 1.82) is 0 Å². The van der Waals surface area contributed by atoms with Crippen molar-refractivity contribution in [3.05, 3.63) is 84.0 Å². The molecule has 11 nitrogen and oxygen atoms in total. The van der Waals surface area contributed by atoms with Crippen molar-refractivity contribution in [3.63, 3.8) is 0 Å². The molecule has 0 amide bonds. The van der Waals surface area contributed by atoms with Gasteiger partial charge >= 0.3 is 11.9 Å². The lowest BCUT2D eigenvalue weighted by Gasteiger charge is -2.41. The number of aliphatic hydroxyl groups excluding tert-OH is 3. The number of benzene rings is 2. The van der Waals surface area contributed by atoms with Crippen LogP contribution < -0.4 is 4.74 Å². The Bertz CT molecular complexity index is 1260.